The molecule has 0 unspecified atom stereocenters. The van der Waals surface area contributed by atoms with Gasteiger partial charge in [0.25, 0.3) is 5.91 Å². The van der Waals surface area contributed by atoms with E-state index in [2.05, 4.69) is 5.32 Å². The molecule has 1 aliphatic rings. The Balaban J connectivity index is 2.19. The van der Waals surface area contributed by atoms with Crippen molar-refractivity contribution in [3.05, 3.63) is 29.8 Å². The summed E-state index contributed by atoms with van der Waals surface area (Å²) in [5, 5.41) is 2.80. The molecule has 5 nitrogen and oxygen atoms in total. The van der Waals surface area contributed by atoms with Crippen LogP contribution in [0, 0.1) is 5.92 Å². The van der Waals surface area contributed by atoms with Crippen molar-refractivity contribution in [3.63, 3.8) is 0 Å². The van der Waals surface area contributed by atoms with Gasteiger partial charge in [0.1, 0.15) is 0 Å². The van der Waals surface area contributed by atoms with E-state index >= 15 is 0 Å². The normalized spacial score (nSPS) is 16.3. The molecular weight excluding hydrogens is 288 g/mol. The molecule has 1 N–H and O–H groups in total. The van der Waals surface area contributed by atoms with Crippen molar-refractivity contribution in [1.29, 1.82) is 0 Å². The molecule has 116 valence electrons. The summed E-state index contributed by atoms with van der Waals surface area (Å²) >= 11 is 0. The number of carbonyl (C=O) groups excluding carboxylic acids is 1. The summed E-state index contributed by atoms with van der Waals surface area (Å²) in [6.45, 7) is 5.71. The van der Waals surface area contributed by atoms with E-state index in [9.17, 15) is 13.2 Å². The van der Waals surface area contributed by atoms with Crippen LogP contribution >= 0.6 is 0 Å². The molecule has 1 saturated heterocycles. The number of benzene rings is 1. The molecule has 1 fully saturated rings. The molecule has 0 aliphatic carbocycles. The first kappa shape index (κ1) is 16.0. The Morgan fingerprint density at radius 2 is 1.95 bits per heavy atom. The highest BCUT2D eigenvalue weighted by Crippen LogP contribution is 2.21. The minimum atomic E-state index is -3.47. The Morgan fingerprint density at radius 3 is 2.57 bits per heavy atom. The standard InChI is InChI=1S/C15H22N2O3S/c1-12(2)11-16-15(18)13-6-5-7-14(10-13)21(19,20)17-8-3-4-9-17/h5-7,10,12H,3-4,8-9,11H2,1-2H3,(H,16,18). The summed E-state index contributed by atoms with van der Waals surface area (Å²) in [6.07, 6.45) is 1.79. The highest BCUT2D eigenvalue weighted by atomic mass is 32.2. The van der Waals surface area contributed by atoms with Gasteiger partial charge in [0.15, 0.2) is 0 Å². The highest BCUT2D eigenvalue weighted by molar-refractivity contribution is 7.89. The molecule has 1 heterocycles. The van der Waals surface area contributed by atoms with Gasteiger partial charge in [0, 0.05) is 25.2 Å². The Hall–Kier alpha value is -1.40. The molecule has 0 atom stereocenters. The lowest BCUT2D eigenvalue weighted by Crippen LogP contribution is -2.29. The fourth-order valence-corrected chi connectivity index (χ4v) is 3.84. The third kappa shape index (κ3) is 3.83. The van der Waals surface area contributed by atoms with Gasteiger partial charge in [-0.15, -0.1) is 0 Å². The van der Waals surface area contributed by atoms with Crippen LogP contribution in [0.15, 0.2) is 29.2 Å². The largest absolute Gasteiger partial charge is 0.352 e. The number of hydrogen-bond donors (Lipinski definition) is 1. The van der Waals surface area contributed by atoms with Crippen LogP contribution in [0.1, 0.15) is 37.0 Å². The lowest BCUT2D eigenvalue weighted by atomic mass is 10.2. The number of nitrogens with one attached hydrogen (secondary N) is 1. The number of hydrogen-bond acceptors (Lipinski definition) is 3. The van der Waals surface area contributed by atoms with Crippen LogP contribution in [0.4, 0.5) is 0 Å². The van der Waals surface area contributed by atoms with Crippen LogP contribution in [0.5, 0.6) is 0 Å². The predicted octanol–water partition coefficient (Wildman–Crippen LogP) is 1.86. The Morgan fingerprint density at radius 1 is 1.29 bits per heavy atom. The molecule has 1 amide bonds. The minimum Gasteiger partial charge on any atom is -0.352 e. The van der Waals surface area contributed by atoms with Crippen molar-refractivity contribution in [2.45, 2.75) is 31.6 Å². The van der Waals surface area contributed by atoms with Gasteiger partial charge in [0.2, 0.25) is 10.0 Å². The summed E-state index contributed by atoms with van der Waals surface area (Å²) < 4.78 is 26.4. The quantitative estimate of drug-likeness (QED) is 0.902. The molecule has 1 aromatic rings. The number of sulfonamides is 1. The number of amides is 1. The summed E-state index contributed by atoms with van der Waals surface area (Å²) in [5.74, 6) is 0.118. The number of rotatable bonds is 5. The van der Waals surface area contributed by atoms with Crippen LogP contribution in [0.2, 0.25) is 0 Å². The third-order valence-electron chi connectivity index (χ3n) is 3.47. The summed E-state index contributed by atoms with van der Waals surface area (Å²) in [5.41, 5.74) is 0.385. The van der Waals surface area contributed by atoms with Gasteiger partial charge >= 0.3 is 0 Å². The van der Waals surface area contributed by atoms with Crippen molar-refractivity contribution in [2.75, 3.05) is 19.6 Å². The molecule has 0 aromatic heterocycles. The van der Waals surface area contributed by atoms with Crippen LogP contribution in [0.3, 0.4) is 0 Å². The van der Waals surface area contributed by atoms with E-state index in [-0.39, 0.29) is 10.8 Å². The van der Waals surface area contributed by atoms with Crippen molar-refractivity contribution >= 4 is 15.9 Å². The second-order valence-corrected chi connectivity index (χ2v) is 7.68. The maximum absolute atomic E-state index is 12.5. The Bertz CT molecular complexity index is 605. The van der Waals surface area contributed by atoms with Gasteiger partial charge in [0.05, 0.1) is 4.90 Å². The lowest BCUT2D eigenvalue weighted by molar-refractivity contribution is 0.0949. The Kier molecular flexibility index (Phi) is 5.00. The van der Waals surface area contributed by atoms with Crippen LogP contribution < -0.4 is 5.32 Å². The number of carbonyl (C=O) groups is 1. The van der Waals surface area contributed by atoms with E-state index in [4.69, 9.17) is 0 Å². The first-order valence-electron chi connectivity index (χ1n) is 7.29. The van der Waals surface area contributed by atoms with Crippen LogP contribution in [0.25, 0.3) is 0 Å². The molecule has 21 heavy (non-hydrogen) atoms. The first-order chi connectivity index (χ1) is 9.91. The van der Waals surface area contributed by atoms with Crippen molar-refractivity contribution in [1.82, 2.24) is 9.62 Å². The van der Waals surface area contributed by atoms with Gasteiger partial charge < -0.3 is 5.32 Å². The Labute approximate surface area is 126 Å². The van der Waals surface area contributed by atoms with Crippen molar-refractivity contribution in [3.8, 4) is 0 Å². The summed E-state index contributed by atoms with van der Waals surface area (Å²) in [7, 11) is -3.47. The second-order valence-electron chi connectivity index (χ2n) is 5.74. The van der Waals surface area contributed by atoms with Crippen molar-refractivity contribution in [2.24, 2.45) is 5.92 Å². The fraction of sp³-hybridized carbons (Fsp3) is 0.533. The molecule has 0 spiro atoms. The monoisotopic (exact) mass is 310 g/mol. The van der Waals surface area contributed by atoms with Gasteiger partial charge in [-0.1, -0.05) is 19.9 Å². The average molecular weight is 310 g/mol. The van der Waals surface area contributed by atoms with E-state index in [1.54, 1.807) is 18.2 Å². The highest BCUT2D eigenvalue weighted by Gasteiger charge is 2.27. The molecule has 2 rings (SSSR count). The molecule has 0 radical (unpaired) electrons. The van der Waals surface area contributed by atoms with Gasteiger partial charge in [-0.2, -0.15) is 4.31 Å². The van der Waals surface area contributed by atoms with E-state index in [1.165, 1.54) is 10.4 Å². The zero-order chi connectivity index (χ0) is 15.5. The fourth-order valence-electron chi connectivity index (χ4n) is 2.27. The zero-order valence-electron chi connectivity index (χ0n) is 12.5. The summed E-state index contributed by atoms with van der Waals surface area (Å²) in [6, 6.07) is 6.27. The predicted molar refractivity (Wildman–Crippen MR) is 81.6 cm³/mol. The molecule has 6 heteroatoms. The van der Waals surface area contributed by atoms with Crippen LogP contribution in [-0.4, -0.2) is 38.3 Å². The molecule has 0 saturated carbocycles. The molecule has 1 aliphatic heterocycles. The van der Waals surface area contributed by atoms with E-state index in [1.807, 2.05) is 13.8 Å². The van der Waals surface area contributed by atoms with Crippen molar-refractivity contribution < 1.29 is 13.2 Å². The van der Waals surface area contributed by atoms with Gasteiger partial charge in [-0.3, -0.25) is 4.79 Å². The van der Waals surface area contributed by atoms with E-state index < -0.39 is 10.0 Å². The first-order valence-corrected chi connectivity index (χ1v) is 8.73. The zero-order valence-corrected chi connectivity index (χ0v) is 13.3. The molecule has 0 bridgehead atoms. The average Bonchev–Trinajstić information content (AvgIpc) is 2.99. The SMILES string of the molecule is CC(C)CNC(=O)c1cccc(S(=O)(=O)N2CCCC2)c1. The van der Waals surface area contributed by atoms with Crippen LogP contribution in [-0.2, 0) is 10.0 Å². The maximum Gasteiger partial charge on any atom is 0.251 e. The van der Waals surface area contributed by atoms with E-state index in [0.717, 1.165) is 12.8 Å². The maximum atomic E-state index is 12.5. The lowest BCUT2D eigenvalue weighted by Gasteiger charge is -2.16. The van der Waals surface area contributed by atoms with E-state index in [0.29, 0.717) is 31.1 Å². The second kappa shape index (κ2) is 6.58. The van der Waals surface area contributed by atoms with Gasteiger partial charge in [-0.05, 0) is 37.0 Å². The minimum absolute atomic E-state index is 0.196. The topological polar surface area (TPSA) is 66.5 Å². The third-order valence-corrected chi connectivity index (χ3v) is 5.36. The summed E-state index contributed by atoms with van der Waals surface area (Å²) in [4.78, 5) is 12.2. The molecular formula is C15H22N2O3S. The molecule has 1 aromatic carbocycles. The number of nitrogens with zero attached hydrogens (tertiary/aromatic N) is 1. The van der Waals surface area contributed by atoms with Gasteiger partial charge in [-0.25, -0.2) is 8.42 Å². The smallest absolute Gasteiger partial charge is 0.251 e.